The predicted molar refractivity (Wildman–Crippen MR) is 147 cm³/mol. The van der Waals surface area contributed by atoms with Gasteiger partial charge >= 0.3 is 0 Å². The average molecular weight is 549 g/mol. The Morgan fingerprint density at radius 3 is 2.26 bits per heavy atom. The van der Waals surface area contributed by atoms with Crippen LogP contribution in [0.4, 0.5) is 43.3 Å². The Morgan fingerprint density at radius 1 is 0.897 bits per heavy atom. The number of hydrogen-bond acceptors (Lipinski definition) is 7. The molecule has 4 aromatic rings. The van der Waals surface area contributed by atoms with Crippen LogP contribution in [0.1, 0.15) is 0 Å². The molecule has 3 aromatic carbocycles. The largest absolute Gasteiger partial charge is 0.338 e. The Bertz CT molecular complexity index is 1630. The summed E-state index contributed by atoms with van der Waals surface area (Å²) < 4.78 is 54.6. The molecule has 0 aliphatic carbocycles. The second kappa shape index (κ2) is 11.5. The topological polar surface area (TPSA) is 116 Å². The lowest BCUT2D eigenvalue weighted by molar-refractivity contribution is -0.111. The third kappa shape index (κ3) is 6.43. The highest BCUT2D eigenvalue weighted by Gasteiger charge is 2.23. The molecule has 0 atom stereocenters. The van der Waals surface area contributed by atoms with Gasteiger partial charge in [0, 0.05) is 23.3 Å². The fourth-order valence-electron chi connectivity index (χ4n) is 3.40. The molecular weight excluding hydrogens is 526 g/mol. The number of nitrogens with zero attached hydrogens (tertiary/aromatic N) is 3. The Morgan fingerprint density at radius 2 is 1.59 bits per heavy atom. The number of aromatic nitrogens is 2. The first-order valence-corrected chi connectivity index (χ1v) is 12.8. The number of nitrogens with one attached hydrogen (secondary N) is 3. The second-order valence-corrected chi connectivity index (χ2v) is 9.71. The fourth-order valence-corrected chi connectivity index (χ4v) is 4.71. The van der Waals surface area contributed by atoms with Crippen molar-refractivity contribution in [2.24, 2.45) is 0 Å². The maximum atomic E-state index is 14.4. The maximum absolute atomic E-state index is 14.4. The Labute approximate surface area is 223 Å². The number of carbonyl (C=O) groups excluding carboxylic acids is 1. The van der Waals surface area contributed by atoms with Gasteiger partial charge in [0.2, 0.25) is 11.9 Å². The molecule has 0 saturated carbocycles. The van der Waals surface area contributed by atoms with E-state index in [0.717, 1.165) is 34.9 Å². The van der Waals surface area contributed by atoms with Gasteiger partial charge in [0.05, 0.1) is 16.8 Å². The van der Waals surface area contributed by atoms with Crippen LogP contribution in [0.5, 0.6) is 0 Å². The summed E-state index contributed by atoms with van der Waals surface area (Å²) in [5, 5.41) is 8.39. The van der Waals surface area contributed by atoms with Crippen LogP contribution in [0.15, 0.2) is 109 Å². The molecule has 1 amide bonds. The van der Waals surface area contributed by atoms with Crippen molar-refractivity contribution >= 4 is 50.4 Å². The molecule has 0 radical (unpaired) electrons. The summed E-state index contributed by atoms with van der Waals surface area (Å²) in [7, 11) is -4.02. The first-order valence-electron chi connectivity index (χ1n) is 11.3. The molecule has 4 rings (SSSR count). The minimum Gasteiger partial charge on any atom is -0.338 e. The molecular formula is C27H22F2N6O3S. The molecule has 0 unspecified atom stereocenters. The van der Waals surface area contributed by atoms with E-state index in [1.54, 1.807) is 36.4 Å². The van der Waals surface area contributed by atoms with Gasteiger partial charge in [0.25, 0.3) is 10.0 Å². The van der Waals surface area contributed by atoms with Crippen LogP contribution in [0.3, 0.4) is 0 Å². The lowest BCUT2D eigenvalue weighted by Crippen LogP contribution is -2.25. The number of carbonyl (C=O) groups is 1. The van der Waals surface area contributed by atoms with Crippen LogP contribution in [-0.2, 0) is 14.8 Å². The van der Waals surface area contributed by atoms with E-state index in [-0.39, 0.29) is 28.3 Å². The molecule has 0 aliphatic heterocycles. The van der Waals surface area contributed by atoms with Gasteiger partial charge in [-0.25, -0.2) is 26.5 Å². The minimum absolute atomic E-state index is 0.0716. The molecule has 0 fully saturated rings. The Balaban J connectivity index is 1.50. The van der Waals surface area contributed by atoms with Crippen molar-refractivity contribution < 1.29 is 22.0 Å². The summed E-state index contributed by atoms with van der Waals surface area (Å²) in [5.41, 5.74) is 1.73. The highest BCUT2D eigenvalue weighted by atomic mass is 32.2. The van der Waals surface area contributed by atoms with E-state index < -0.39 is 21.7 Å². The summed E-state index contributed by atoms with van der Waals surface area (Å²) in [6.07, 6.45) is 3.26. The van der Waals surface area contributed by atoms with Gasteiger partial charge < -0.3 is 16.0 Å². The number of hydrogen-bond donors (Lipinski definition) is 3. The lowest BCUT2D eigenvalue weighted by atomic mass is 10.2. The number of rotatable bonds is 10. The van der Waals surface area contributed by atoms with E-state index in [1.807, 2.05) is 0 Å². The van der Waals surface area contributed by atoms with Gasteiger partial charge in [0.1, 0.15) is 5.82 Å². The zero-order valence-electron chi connectivity index (χ0n) is 20.3. The molecule has 3 N–H and O–H groups in total. The first-order chi connectivity index (χ1) is 18.7. The molecule has 0 spiro atoms. The van der Waals surface area contributed by atoms with Crippen LogP contribution in [0.25, 0.3) is 0 Å². The van der Waals surface area contributed by atoms with Gasteiger partial charge in [-0.05, 0) is 72.8 Å². The summed E-state index contributed by atoms with van der Waals surface area (Å²) in [6, 6.07) is 17.3. The quantitative estimate of drug-likeness (QED) is 0.218. The summed E-state index contributed by atoms with van der Waals surface area (Å²) in [5.74, 6) is -1.69. The number of sulfonamides is 1. The summed E-state index contributed by atoms with van der Waals surface area (Å²) in [6.45, 7) is 6.98. The minimum atomic E-state index is -4.02. The zero-order valence-corrected chi connectivity index (χ0v) is 21.1. The van der Waals surface area contributed by atoms with Crippen LogP contribution < -0.4 is 20.3 Å². The molecule has 9 nitrogen and oxygen atoms in total. The second-order valence-electron chi connectivity index (χ2n) is 7.90. The van der Waals surface area contributed by atoms with Crippen molar-refractivity contribution in [2.45, 2.75) is 4.90 Å². The molecule has 0 aliphatic rings. The molecule has 12 heteroatoms. The van der Waals surface area contributed by atoms with E-state index in [1.165, 1.54) is 24.3 Å². The van der Waals surface area contributed by atoms with Crippen LogP contribution in [-0.4, -0.2) is 24.3 Å². The standard InChI is InChI=1S/C27H22F2N6O3S/c1-3-25(36)31-20-6-5-7-21(16-20)32-26-24(29)17-30-27(34-26)33-19-10-12-22(13-11-19)35(4-2)39(37,38)23-14-8-18(28)9-15-23/h3-17H,1-2H2,(H,31,36)(H2,30,32,33,34). The van der Waals surface area contributed by atoms with Crippen LogP contribution in [0.2, 0.25) is 0 Å². The summed E-state index contributed by atoms with van der Waals surface area (Å²) >= 11 is 0. The van der Waals surface area contributed by atoms with E-state index >= 15 is 0 Å². The van der Waals surface area contributed by atoms with Gasteiger partial charge in [-0.2, -0.15) is 4.98 Å². The van der Waals surface area contributed by atoms with Crippen LogP contribution in [0, 0.1) is 11.6 Å². The van der Waals surface area contributed by atoms with E-state index in [0.29, 0.717) is 17.1 Å². The SMILES string of the molecule is C=CC(=O)Nc1cccc(Nc2nc(Nc3ccc(N(C=C)S(=O)(=O)c4ccc(F)cc4)cc3)ncc2F)c1. The van der Waals surface area contributed by atoms with Crippen molar-refractivity contribution in [1.29, 1.82) is 0 Å². The summed E-state index contributed by atoms with van der Waals surface area (Å²) in [4.78, 5) is 19.5. The first kappa shape index (κ1) is 26.9. The fraction of sp³-hybridized carbons (Fsp3) is 0. The number of halogens is 2. The van der Waals surface area contributed by atoms with Crippen LogP contribution >= 0.6 is 0 Å². The van der Waals surface area contributed by atoms with E-state index in [4.69, 9.17) is 0 Å². The number of benzene rings is 3. The van der Waals surface area contributed by atoms with Gasteiger partial charge in [0.15, 0.2) is 11.6 Å². The monoisotopic (exact) mass is 548 g/mol. The third-order valence-corrected chi connectivity index (χ3v) is 6.98. The van der Waals surface area contributed by atoms with Crippen molar-refractivity contribution in [1.82, 2.24) is 9.97 Å². The van der Waals surface area contributed by atoms with Crippen molar-refractivity contribution in [3.8, 4) is 0 Å². The molecule has 1 heterocycles. The molecule has 39 heavy (non-hydrogen) atoms. The number of anilines is 6. The predicted octanol–water partition coefficient (Wildman–Crippen LogP) is 5.71. The van der Waals surface area contributed by atoms with Gasteiger partial charge in [-0.3, -0.25) is 4.79 Å². The average Bonchev–Trinajstić information content (AvgIpc) is 2.92. The Hall–Kier alpha value is -5.10. The Kier molecular flexibility index (Phi) is 7.96. The molecule has 0 bridgehead atoms. The highest BCUT2D eigenvalue weighted by Crippen LogP contribution is 2.27. The van der Waals surface area contributed by atoms with Gasteiger partial charge in [-0.15, -0.1) is 0 Å². The molecule has 1 aromatic heterocycles. The third-order valence-electron chi connectivity index (χ3n) is 5.24. The van der Waals surface area contributed by atoms with E-state index in [2.05, 4.69) is 39.1 Å². The van der Waals surface area contributed by atoms with Crippen molar-refractivity contribution in [3.05, 3.63) is 116 Å². The zero-order chi connectivity index (χ0) is 28.0. The number of amides is 1. The maximum Gasteiger partial charge on any atom is 0.268 e. The van der Waals surface area contributed by atoms with Crippen molar-refractivity contribution in [3.63, 3.8) is 0 Å². The normalized spacial score (nSPS) is 10.8. The molecule has 0 saturated heterocycles. The van der Waals surface area contributed by atoms with Gasteiger partial charge in [-0.1, -0.05) is 19.2 Å². The highest BCUT2D eigenvalue weighted by molar-refractivity contribution is 7.93. The smallest absolute Gasteiger partial charge is 0.268 e. The van der Waals surface area contributed by atoms with Crippen molar-refractivity contribution in [2.75, 3.05) is 20.3 Å². The molecule has 198 valence electrons. The van der Waals surface area contributed by atoms with E-state index in [9.17, 15) is 22.0 Å². The lowest BCUT2D eigenvalue weighted by Gasteiger charge is -2.20.